The highest BCUT2D eigenvalue weighted by molar-refractivity contribution is 9.09. The summed E-state index contributed by atoms with van der Waals surface area (Å²) in [5.74, 6) is -2.57. The first-order valence-electron chi connectivity index (χ1n) is 3.75. The van der Waals surface area contributed by atoms with Gasteiger partial charge in [0.2, 0.25) is 5.92 Å². The number of rotatable bonds is 4. The van der Waals surface area contributed by atoms with E-state index in [2.05, 4.69) is 15.9 Å². The minimum absolute atomic E-state index is 0.557. The Morgan fingerprint density at radius 2 is 1.64 bits per heavy atom. The molecule has 0 saturated carbocycles. The van der Waals surface area contributed by atoms with Crippen LogP contribution in [-0.4, -0.2) is 11.3 Å². The van der Waals surface area contributed by atoms with Crippen LogP contribution in [0, 0.1) is 5.41 Å². The molecule has 0 aliphatic heterocycles. The molecule has 0 unspecified atom stereocenters. The number of halogens is 3. The minimum atomic E-state index is -2.57. The SMILES string of the molecule is CC(F)(F)C(C)(C)CCCBr. The van der Waals surface area contributed by atoms with E-state index in [1.807, 2.05) is 0 Å². The van der Waals surface area contributed by atoms with Crippen LogP contribution in [0.4, 0.5) is 8.78 Å². The van der Waals surface area contributed by atoms with Crippen molar-refractivity contribution in [3.05, 3.63) is 0 Å². The molecule has 11 heavy (non-hydrogen) atoms. The molecular weight excluding hydrogens is 214 g/mol. The van der Waals surface area contributed by atoms with Crippen LogP contribution in [-0.2, 0) is 0 Å². The zero-order valence-electron chi connectivity index (χ0n) is 7.26. The Morgan fingerprint density at radius 3 is 1.91 bits per heavy atom. The fourth-order valence-electron chi connectivity index (χ4n) is 0.728. The van der Waals surface area contributed by atoms with Gasteiger partial charge in [-0.25, -0.2) is 8.78 Å². The molecule has 0 N–H and O–H groups in total. The Balaban J connectivity index is 4.00. The van der Waals surface area contributed by atoms with Gasteiger partial charge in [-0.2, -0.15) is 0 Å². The maximum atomic E-state index is 12.8. The van der Waals surface area contributed by atoms with Crippen LogP contribution in [0.1, 0.15) is 33.6 Å². The van der Waals surface area contributed by atoms with Crippen LogP contribution in [0.3, 0.4) is 0 Å². The highest BCUT2D eigenvalue weighted by Gasteiger charge is 2.40. The van der Waals surface area contributed by atoms with Crippen molar-refractivity contribution in [2.75, 3.05) is 5.33 Å². The highest BCUT2D eigenvalue weighted by atomic mass is 79.9. The summed E-state index contributed by atoms with van der Waals surface area (Å²) in [5, 5.41) is 0.798. The monoisotopic (exact) mass is 228 g/mol. The van der Waals surface area contributed by atoms with E-state index in [4.69, 9.17) is 0 Å². The van der Waals surface area contributed by atoms with Crippen LogP contribution < -0.4 is 0 Å². The summed E-state index contributed by atoms with van der Waals surface area (Å²) in [6.07, 6.45) is 1.36. The summed E-state index contributed by atoms with van der Waals surface area (Å²) in [4.78, 5) is 0. The van der Waals surface area contributed by atoms with Gasteiger partial charge in [0.15, 0.2) is 0 Å². The molecular formula is C8H15BrF2. The van der Waals surface area contributed by atoms with Crippen molar-refractivity contribution in [3.8, 4) is 0 Å². The van der Waals surface area contributed by atoms with Crippen molar-refractivity contribution in [1.82, 2.24) is 0 Å². The van der Waals surface area contributed by atoms with Gasteiger partial charge in [-0.15, -0.1) is 0 Å². The van der Waals surface area contributed by atoms with Gasteiger partial charge in [-0.05, 0) is 19.8 Å². The van der Waals surface area contributed by atoms with Crippen LogP contribution in [0.15, 0.2) is 0 Å². The van der Waals surface area contributed by atoms with Gasteiger partial charge in [-0.1, -0.05) is 29.8 Å². The molecule has 0 spiro atoms. The van der Waals surface area contributed by atoms with E-state index in [1.54, 1.807) is 13.8 Å². The molecule has 3 heteroatoms. The fraction of sp³-hybridized carbons (Fsp3) is 1.00. The quantitative estimate of drug-likeness (QED) is 0.642. The van der Waals surface area contributed by atoms with Crippen molar-refractivity contribution in [1.29, 1.82) is 0 Å². The van der Waals surface area contributed by atoms with Crippen LogP contribution >= 0.6 is 15.9 Å². The maximum Gasteiger partial charge on any atom is 0.250 e. The third kappa shape index (κ3) is 3.50. The van der Waals surface area contributed by atoms with Gasteiger partial charge in [0, 0.05) is 10.7 Å². The molecule has 0 aliphatic rings. The maximum absolute atomic E-state index is 12.8. The summed E-state index contributed by atoms with van der Waals surface area (Å²) in [6, 6.07) is 0. The fourth-order valence-corrected chi connectivity index (χ4v) is 1.01. The molecule has 0 rings (SSSR count). The normalized spacial score (nSPS) is 13.6. The minimum Gasteiger partial charge on any atom is -0.207 e. The highest BCUT2D eigenvalue weighted by Crippen LogP contribution is 2.39. The third-order valence-corrected chi connectivity index (χ3v) is 2.68. The van der Waals surface area contributed by atoms with Crippen LogP contribution in [0.2, 0.25) is 0 Å². The van der Waals surface area contributed by atoms with Gasteiger partial charge in [0.05, 0.1) is 0 Å². The molecule has 0 saturated heterocycles. The Kier molecular flexibility index (Phi) is 3.95. The van der Waals surface area contributed by atoms with E-state index in [1.165, 1.54) is 0 Å². The van der Waals surface area contributed by atoms with Gasteiger partial charge in [0.25, 0.3) is 0 Å². The lowest BCUT2D eigenvalue weighted by molar-refractivity contribution is -0.0921. The zero-order chi connectivity index (χ0) is 9.12. The number of hydrogen-bond acceptors (Lipinski definition) is 0. The first-order chi connectivity index (χ1) is 4.81. The Labute approximate surface area is 75.5 Å². The lowest BCUT2D eigenvalue weighted by Crippen LogP contribution is -2.33. The molecule has 0 atom stereocenters. The molecule has 0 amide bonds. The van der Waals surface area contributed by atoms with Crippen molar-refractivity contribution < 1.29 is 8.78 Å². The second-order valence-corrected chi connectivity index (χ2v) is 4.36. The Hall–Kier alpha value is 0.340. The Morgan fingerprint density at radius 1 is 1.18 bits per heavy atom. The molecule has 0 bridgehead atoms. The topological polar surface area (TPSA) is 0 Å². The van der Waals surface area contributed by atoms with Crippen molar-refractivity contribution in [3.63, 3.8) is 0 Å². The second kappa shape index (κ2) is 3.83. The van der Waals surface area contributed by atoms with Crippen LogP contribution in [0.25, 0.3) is 0 Å². The predicted octanol–water partition coefficient (Wildman–Crippen LogP) is 3.84. The molecule has 0 aliphatic carbocycles. The van der Waals surface area contributed by atoms with Crippen molar-refractivity contribution in [2.24, 2.45) is 5.41 Å². The average molecular weight is 229 g/mol. The smallest absolute Gasteiger partial charge is 0.207 e. The lowest BCUT2D eigenvalue weighted by atomic mass is 9.82. The summed E-state index contributed by atoms with van der Waals surface area (Å²) < 4.78 is 25.6. The van der Waals surface area contributed by atoms with Gasteiger partial charge >= 0.3 is 0 Å². The average Bonchev–Trinajstić information content (AvgIpc) is 1.81. The van der Waals surface area contributed by atoms with Gasteiger partial charge < -0.3 is 0 Å². The van der Waals surface area contributed by atoms with E-state index in [-0.39, 0.29) is 0 Å². The van der Waals surface area contributed by atoms with Gasteiger partial charge in [-0.3, -0.25) is 0 Å². The van der Waals surface area contributed by atoms with Crippen molar-refractivity contribution in [2.45, 2.75) is 39.5 Å². The molecule has 0 aromatic carbocycles. The van der Waals surface area contributed by atoms with E-state index in [0.717, 1.165) is 18.7 Å². The van der Waals surface area contributed by atoms with E-state index < -0.39 is 11.3 Å². The largest absolute Gasteiger partial charge is 0.250 e. The second-order valence-electron chi connectivity index (χ2n) is 3.56. The summed E-state index contributed by atoms with van der Waals surface area (Å²) in [7, 11) is 0. The van der Waals surface area contributed by atoms with E-state index in [9.17, 15) is 8.78 Å². The Bertz CT molecular complexity index is 116. The summed E-state index contributed by atoms with van der Waals surface area (Å²) in [6.45, 7) is 4.20. The van der Waals surface area contributed by atoms with Crippen LogP contribution in [0.5, 0.6) is 0 Å². The molecule has 0 fully saturated rings. The van der Waals surface area contributed by atoms with Crippen molar-refractivity contribution >= 4 is 15.9 Å². The molecule has 0 aromatic rings. The molecule has 68 valence electrons. The lowest BCUT2D eigenvalue weighted by Gasteiger charge is -2.31. The molecule has 0 radical (unpaired) electrons. The molecule has 0 nitrogen and oxygen atoms in total. The summed E-state index contributed by atoms with van der Waals surface area (Å²) in [5.41, 5.74) is -0.874. The number of hydrogen-bond donors (Lipinski definition) is 0. The number of alkyl halides is 3. The zero-order valence-corrected chi connectivity index (χ0v) is 8.84. The first kappa shape index (κ1) is 11.3. The molecule has 0 heterocycles. The van der Waals surface area contributed by atoms with Gasteiger partial charge in [0.1, 0.15) is 0 Å². The summed E-state index contributed by atoms with van der Waals surface area (Å²) >= 11 is 3.22. The predicted molar refractivity (Wildman–Crippen MR) is 47.4 cm³/mol. The molecule has 0 aromatic heterocycles. The van der Waals surface area contributed by atoms with E-state index >= 15 is 0 Å². The van der Waals surface area contributed by atoms with E-state index in [0.29, 0.717) is 6.42 Å². The first-order valence-corrected chi connectivity index (χ1v) is 4.87. The standard InChI is InChI=1S/C8H15BrF2/c1-7(2,5-4-6-9)8(3,10)11/h4-6H2,1-3H3. The third-order valence-electron chi connectivity index (χ3n) is 2.12.